The molecule has 29 fully saturated rings. The van der Waals surface area contributed by atoms with Crippen molar-refractivity contribution in [2.75, 3.05) is 0 Å². The van der Waals surface area contributed by atoms with Crippen molar-refractivity contribution in [2.24, 2.45) is 331 Å². The van der Waals surface area contributed by atoms with Gasteiger partial charge >= 0.3 is 0 Å². The van der Waals surface area contributed by atoms with Gasteiger partial charge in [-0.3, -0.25) is 0 Å². The summed E-state index contributed by atoms with van der Waals surface area (Å²) >= 11 is 0. The molecule has 0 spiro atoms. The Morgan fingerprint density at radius 1 is 0.0729 bits per heavy atom. The van der Waals surface area contributed by atoms with Crippen LogP contribution in [0.2, 0.25) is 0 Å². The second-order valence-corrected chi connectivity index (χ2v) is 48.9. The molecule has 520 valence electrons. The molecule has 0 amide bonds. The van der Waals surface area contributed by atoms with Crippen LogP contribution in [0.15, 0.2) is 0 Å². The van der Waals surface area contributed by atoms with Crippen molar-refractivity contribution in [1.29, 1.82) is 0 Å². The number of fused-ring (bicyclic) bond motifs is 20. The van der Waals surface area contributed by atoms with Gasteiger partial charge in [0.25, 0.3) is 0 Å². The zero-order chi connectivity index (χ0) is 60.6. The molecular formula is C96H136. The molecule has 29 aliphatic rings. The van der Waals surface area contributed by atoms with Crippen LogP contribution in [-0.2, 0) is 0 Å². The summed E-state index contributed by atoms with van der Waals surface area (Å²) in [6.45, 7) is 0. The molecular weight excluding hydrogens is 1150 g/mol. The number of hydrogen-bond donors (Lipinski definition) is 0. The molecule has 0 aromatic heterocycles. The van der Waals surface area contributed by atoms with Gasteiger partial charge in [-0.15, -0.1) is 0 Å². The maximum absolute atomic E-state index is 1.87. The van der Waals surface area contributed by atoms with Gasteiger partial charge in [-0.1, -0.05) is 51.4 Å². The Morgan fingerprint density at radius 3 is 0.323 bits per heavy atom. The third-order valence-electron chi connectivity index (χ3n) is 47.6. The van der Waals surface area contributed by atoms with E-state index in [1.54, 1.807) is 231 Å². The minimum absolute atomic E-state index is 1.11. The molecule has 32 bridgehead atoms. The van der Waals surface area contributed by atoms with Crippen LogP contribution >= 0.6 is 0 Å². The maximum atomic E-state index is 1.87. The Labute approximate surface area is 584 Å². The molecule has 48 atom stereocenters. The quantitative estimate of drug-likeness (QED) is 0.227. The minimum atomic E-state index is 1.11. The monoisotopic (exact) mass is 1290 g/mol. The van der Waals surface area contributed by atoms with E-state index in [-0.39, 0.29) is 0 Å². The lowest BCUT2D eigenvalue weighted by molar-refractivity contribution is -0.198. The predicted octanol–water partition coefficient (Wildman–Crippen LogP) is 22.5. The molecule has 0 aromatic carbocycles. The van der Waals surface area contributed by atoms with Crippen molar-refractivity contribution in [2.45, 2.75) is 257 Å². The molecule has 0 aromatic rings. The molecule has 0 heteroatoms. The van der Waals surface area contributed by atoms with Gasteiger partial charge in [0.2, 0.25) is 0 Å². The zero-order valence-corrected chi connectivity index (χ0v) is 60.6. The molecule has 0 aliphatic heterocycles. The van der Waals surface area contributed by atoms with Gasteiger partial charge in [-0.05, 0) is 537 Å². The Hall–Kier alpha value is 0. The lowest BCUT2D eigenvalue weighted by Crippen LogP contribution is -2.63. The molecule has 0 N–H and O–H groups in total. The highest BCUT2D eigenvalue weighted by molar-refractivity contribution is 5.31. The van der Waals surface area contributed by atoms with Crippen LogP contribution in [0.5, 0.6) is 0 Å². The van der Waals surface area contributed by atoms with E-state index in [4.69, 9.17) is 0 Å². The van der Waals surface area contributed by atoms with Crippen LogP contribution in [0.4, 0.5) is 0 Å². The van der Waals surface area contributed by atoms with E-state index in [1.807, 2.05) is 25.7 Å². The second-order valence-electron chi connectivity index (χ2n) is 48.9. The molecule has 29 saturated carbocycles. The highest BCUT2D eigenvalue weighted by atomic mass is 14.9. The fourth-order valence-electron chi connectivity index (χ4n) is 48.5. The molecule has 0 saturated heterocycles. The van der Waals surface area contributed by atoms with Crippen LogP contribution in [0.1, 0.15) is 257 Å². The van der Waals surface area contributed by atoms with E-state index < -0.39 is 0 Å². The zero-order valence-electron chi connectivity index (χ0n) is 60.6. The first-order chi connectivity index (χ1) is 47.4. The van der Waals surface area contributed by atoms with Crippen LogP contribution in [0.25, 0.3) is 0 Å². The van der Waals surface area contributed by atoms with Gasteiger partial charge in [0.1, 0.15) is 0 Å². The van der Waals surface area contributed by atoms with Crippen molar-refractivity contribution in [1.82, 2.24) is 0 Å². The molecule has 29 rings (SSSR count). The van der Waals surface area contributed by atoms with E-state index >= 15 is 0 Å². The molecule has 96 heavy (non-hydrogen) atoms. The number of hydrogen-bond acceptors (Lipinski definition) is 0. The summed E-state index contributed by atoms with van der Waals surface area (Å²) in [5.74, 6) is 65.0. The summed E-state index contributed by atoms with van der Waals surface area (Å²) in [6.07, 6.45) is 69.6. The lowest BCUT2D eigenvalue weighted by Gasteiger charge is -2.67. The number of rotatable bonds is 0. The summed E-state index contributed by atoms with van der Waals surface area (Å²) in [5, 5.41) is 0. The van der Waals surface area contributed by atoms with E-state index in [9.17, 15) is 0 Å². The first-order valence-electron chi connectivity index (χ1n) is 47.4. The summed E-state index contributed by atoms with van der Waals surface area (Å²) < 4.78 is 0. The first-order valence-corrected chi connectivity index (χ1v) is 47.4. The van der Waals surface area contributed by atoms with Gasteiger partial charge in [0, 0.05) is 0 Å². The summed E-state index contributed by atoms with van der Waals surface area (Å²) in [4.78, 5) is 0. The summed E-state index contributed by atoms with van der Waals surface area (Å²) in [7, 11) is 0. The van der Waals surface area contributed by atoms with Crippen LogP contribution in [-0.4, -0.2) is 0 Å². The highest BCUT2D eigenvalue weighted by Gasteiger charge is 2.83. The van der Waals surface area contributed by atoms with E-state index in [0.717, 1.165) is 142 Å². The first kappa shape index (κ1) is 56.3. The van der Waals surface area contributed by atoms with E-state index in [1.165, 1.54) is 189 Å². The van der Waals surface area contributed by atoms with Crippen LogP contribution in [0, 0.1) is 331 Å². The van der Waals surface area contributed by atoms with Crippen LogP contribution in [0.3, 0.4) is 0 Å². The van der Waals surface area contributed by atoms with Crippen molar-refractivity contribution in [3.05, 3.63) is 0 Å². The molecule has 0 nitrogen and oxygen atoms in total. The Morgan fingerprint density at radius 2 is 0.188 bits per heavy atom. The average molecular weight is 1290 g/mol. The Kier molecular flexibility index (Phi) is 11.4. The Bertz CT molecular complexity index is 2570. The standard InChI is InChI=1S/C96H136/c1-2-42-9-41(1)13-49-21-57-59-23-51-15-43-3-4-45(10-43)17-53-25-61-62-26-55-19-47-7-8-48(12-47)20-56-28-64-63-27-54-18-46-6-5-44(11-46)16-52-24-60-58-22-50(14-42)30-66(58)82-74-37-73-81(65(57)29-49)83(67(59)31-51)75-38-77-85(69(61)33-53)87(71(62)35-55)79-40-80-88(72(64)36-56)86(70(63)34-54)78-39-76(84(82)68(60)32-52)92-90(74)89(73)91(75)93(77)95(79)96(80)94(78)92/h41-96H,1-40H2. The fourth-order valence-corrected chi connectivity index (χ4v) is 48.5. The second kappa shape index (κ2) is 19.4. The lowest BCUT2D eigenvalue weighted by atomic mass is 9.38. The predicted molar refractivity (Wildman–Crippen MR) is 380 cm³/mol. The molecule has 0 radical (unpaired) electrons. The molecule has 48 unspecified atom stereocenters. The molecule has 0 heterocycles. The van der Waals surface area contributed by atoms with Crippen molar-refractivity contribution in [3.63, 3.8) is 0 Å². The summed E-state index contributed by atoms with van der Waals surface area (Å²) in [5.41, 5.74) is 0. The maximum Gasteiger partial charge on any atom is -0.0315 e. The van der Waals surface area contributed by atoms with Crippen LogP contribution < -0.4 is 0 Å². The van der Waals surface area contributed by atoms with Gasteiger partial charge in [-0.25, -0.2) is 0 Å². The van der Waals surface area contributed by atoms with Crippen molar-refractivity contribution in [3.8, 4) is 0 Å². The topological polar surface area (TPSA) is 0 Å². The normalized spacial score (nSPS) is 73.0. The highest BCUT2D eigenvalue weighted by Crippen LogP contribution is 2.88. The van der Waals surface area contributed by atoms with Gasteiger partial charge in [-0.2, -0.15) is 0 Å². The van der Waals surface area contributed by atoms with Gasteiger partial charge in [0.15, 0.2) is 0 Å². The Balaban J connectivity index is 0.689. The molecule has 29 aliphatic carbocycles. The SMILES string of the molecule is C1CC2CC1CC1CC3C4CC5CC6CCC(C6)CC6CC7C8CC9CC%10CCC(C%10)CC%10CC%11C%12CC%13CC%14CCC(C%14)CC%14CC%15C%16CC(C2)CC%16C2C%16CC%17C(C3C1)C(C4C5)C1CC3C(C7C6)C(C8C9)C4CC5C(C%11C%10)C(C%12C%13)C6CC(C2C%15C%14)C2C%16C%17C1C3C4C5C62. The largest absolute Gasteiger partial charge is 0.0502 e. The summed E-state index contributed by atoms with van der Waals surface area (Å²) in [6, 6.07) is 0. The third-order valence-corrected chi connectivity index (χ3v) is 47.6. The minimum Gasteiger partial charge on any atom is -0.0502 e. The van der Waals surface area contributed by atoms with Gasteiger partial charge in [0.05, 0.1) is 0 Å². The van der Waals surface area contributed by atoms with E-state index in [2.05, 4.69) is 0 Å². The average Bonchev–Trinajstić information content (AvgIpc) is 1.47. The van der Waals surface area contributed by atoms with Crippen molar-refractivity contribution >= 4 is 0 Å². The smallest absolute Gasteiger partial charge is 0.0315 e. The van der Waals surface area contributed by atoms with Gasteiger partial charge < -0.3 is 0 Å². The fraction of sp³-hybridized carbons (Fsp3) is 1.00. The van der Waals surface area contributed by atoms with E-state index in [0.29, 0.717) is 0 Å². The third kappa shape index (κ3) is 7.03. The van der Waals surface area contributed by atoms with Crippen molar-refractivity contribution < 1.29 is 0 Å².